The summed E-state index contributed by atoms with van der Waals surface area (Å²) in [7, 11) is -4.20. The topological polar surface area (TPSA) is 119 Å². The molecule has 3 rings (SSSR count). The van der Waals surface area contributed by atoms with Crippen molar-refractivity contribution in [2.75, 3.05) is 0 Å². The number of primary sulfonamides is 1. The lowest BCUT2D eigenvalue weighted by Crippen LogP contribution is -2.15. The minimum absolute atomic E-state index is 0.221. The van der Waals surface area contributed by atoms with E-state index >= 15 is 0 Å². The molecule has 2 aromatic carbocycles. The van der Waals surface area contributed by atoms with Gasteiger partial charge in [-0.15, -0.1) is 0 Å². The molecule has 0 unspecified atom stereocenters. The molecule has 3 aromatic rings. The van der Waals surface area contributed by atoms with E-state index < -0.39 is 26.5 Å². The molecule has 26 heavy (non-hydrogen) atoms. The molecule has 0 radical (unpaired) electrons. The average molecular weight is 373 g/mol. The van der Waals surface area contributed by atoms with E-state index in [1.165, 1.54) is 10.6 Å². The zero-order chi connectivity index (χ0) is 19.1. The van der Waals surface area contributed by atoms with Crippen LogP contribution in [-0.2, 0) is 10.0 Å². The van der Waals surface area contributed by atoms with Crippen molar-refractivity contribution in [3.05, 3.63) is 70.2 Å². The van der Waals surface area contributed by atoms with Crippen LogP contribution in [0.5, 0.6) is 0 Å². The fourth-order valence-corrected chi connectivity index (χ4v) is 3.14. The van der Waals surface area contributed by atoms with Crippen LogP contribution >= 0.6 is 0 Å². The Morgan fingerprint density at radius 1 is 1.23 bits per heavy atom. The van der Waals surface area contributed by atoms with Crippen LogP contribution in [0.2, 0.25) is 0 Å². The number of nitriles is 1. The minimum atomic E-state index is -4.20. The summed E-state index contributed by atoms with van der Waals surface area (Å²) in [6.07, 6.45) is 1.14. The minimum Gasteiger partial charge on any atom is -0.415 e. The first-order chi connectivity index (χ1) is 12.2. The molecule has 1 aromatic heterocycles. The zero-order valence-electron chi connectivity index (χ0n) is 13.4. The second-order valence-electron chi connectivity index (χ2n) is 5.52. The number of nitrogens with two attached hydrogens (primary N) is 1. The Hall–Kier alpha value is -3.22. The van der Waals surface area contributed by atoms with Gasteiger partial charge in [0.25, 0.3) is 0 Å². The predicted octanol–water partition coefficient (Wildman–Crippen LogP) is 2.06. The number of hydrogen-bond acceptors (Lipinski definition) is 5. The van der Waals surface area contributed by atoms with E-state index in [2.05, 4.69) is 0 Å². The summed E-state index contributed by atoms with van der Waals surface area (Å²) >= 11 is 0. The van der Waals surface area contributed by atoms with Crippen molar-refractivity contribution in [2.45, 2.75) is 11.8 Å². The van der Waals surface area contributed by atoms with Gasteiger partial charge in [0.15, 0.2) is 0 Å². The van der Waals surface area contributed by atoms with Gasteiger partial charge in [0.2, 0.25) is 10.0 Å². The Bertz CT molecular complexity index is 1220. The molecule has 132 valence electrons. The fourth-order valence-electron chi connectivity index (χ4n) is 2.55. The molecule has 0 amide bonds. The number of aromatic nitrogens is 1. The molecular weight excluding hydrogens is 361 g/mol. The predicted molar refractivity (Wildman–Crippen MR) is 90.5 cm³/mol. The molecule has 7 nitrogen and oxygen atoms in total. The largest absolute Gasteiger partial charge is 0.424 e. The Labute approximate surface area is 147 Å². The van der Waals surface area contributed by atoms with E-state index in [1.807, 2.05) is 6.07 Å². The first kappa shape index (κ1) is 17.6. The molecule has 0 aliphatic rings. The third-order valence-corrected chi connectivity index (χ3v) is 4.76. The maximum Gasteiger partial charge on any atom is 0.424 e. The molecule has 0 bridgehead atoms. The van der Waals surface area contributed by atoms with Gasteiger partial charge >= 0.3 is 5.76 Å². The van der Waals surface area contributed by atoms with Crippen LogP contribution in [0.25, 0.3) is 16.9 Å². The third kappa shape index (κ3) is 3.03. The number of aryl methyl sites for hydroxylation is 1. The van der Waals surface area contributed by atoms with Crippen molar-refractivity contribution < 1.29 is 17.2 Å². The average Bonchev–Trinajstić information content (AvgIpc) is 2.95. The summed E-state index contributed by atoms with van der Waals surface area (Å²) in [4.78, 5) is 11.5. The summed E-state index contributed by atoms with van der Waals surface area (Å²) in [5, 5.41) is 14.0. The molecule has 2 N–H and O–H groups in total. The second-order valence-corrected chi connectivity index (χ2v) is 7.05. The highest BCUT2D eigenvalue weighted by atomic mass is 32.2. The molecule has 0 aliphatic carbocycles. The van der Waals surface area contributed by atoms with E-state index in [4.69, 9.17) is 14.8 Å². The molecule has 9 heteroatoms. The van der Waals surface area contributed by atoms with Crippen molar-refractivity contribution in [1.82, 2.24) is 4.57 Å². The molecule has 0 spiro atoms. The fraction of sp³-hybridized carbons (Fsp3) is 0.0588. The quantitative estimate of drug-likeness (QED) is 0.754. The number of benzene rings is 2. The Kier molecular flexibility index (Phi) is 4.23. The van der Waals surface area contributed by atoms with Crippen LogP contribution in [0.4, 0.5) is 4.39 Å². The van der Waals surface area contributed by atoms with Gasteiger partial charge in [0.1, 0.15) is 17.0 Å². The summed E-state index contributed by atoms with van der Waals surface area (Å²) in [6, 6.07) is 10.1. The van der Waals surface area contributed by atoms with Crippen molar-refractivity contribution >= 4 is 10.0 Å². The summed E-state index contributed by atoms with van der Waals surface area (Å²) in [5.41, 5.74) is 1.98. The Balaban J connectivity index is 2.18. The number of oxazole rings is 1. The first-order valence-corrected chi connectivity index (χ1v) is 8.81. The Morgan fingerprint density at radius 3 is 2.54 bits per heavy atom. The van der Waals surface area contributed by atoms with E-state index in [0.717, 1.165) is 18.4 Å². The standard InChI is InChI=1S/C17H12FN3O4S/c1-10-6-13(4-2-12(10)8-19)21-15(9-25-17(21)22)11-3-5-16(14(18)7-11)26(20,23)24/h2-7,9H,1H3,(H2,20,23,24). The van der Waals surface area contributed by atoms with Gasteiger partial charge in [0, 0.05) is 5.56 Å². The first-order valence-electron chi connectivity index (χ1n) is 7.27. The van der Waals surface area contributed by atoms with Crippen LogP contribution in [-0.4, -0.2) is 13.0 Å². The summed E-state index contributed by atoms with van der Waals surface area (Å²) in [6.45, 7) is 1.72. The molecule has 1 heterocycles. The van der Waals surface area contributed by atoms with Gasteiger partial charge in [-0.25, -0.2) is 27.3 Å². The number of sulfonamides is 1. The lowest BCUT2D eigenvalue weighted by molar-refractivity contribution is 0.504. The molecular formula is C17H12FN3O4S. The number of hydrogen-bond donors (Lipinski definition) is 1. The highest BCUT2D eigenvalue weighted by Gasteiger charge is 2.18. The zero-order valence-corrected chi connectivity index (χ0v) is 14.2. The SMILES string of the molecule is Cc1cc(-n2c(-c3ccc(S(N)(=O)=O)c(F)c3)coc2=O)ccc1C#N. The van der Waals surface area contributed by atoms with Gasteiger partial charge in [-0.1, -0.05) is 6.07 Å². The normalized spacial score (nSPS) is 11.3. The van der Waals surface area contributed by atoms with Gasteiger partial charge in [0.05, 0.1) is 23.0 Å². The van der Waals surface area contributed by atoms with E-state index in [1.54, 1.807) is 25.1 Å². The summed E-state index contributed by atoms with van der Waals surface area (Å²) in [5.74, 6) is -1.75. The van der Waals surface area contributed by atoms with Crippen molar-refractivity contribution in [2.24, 2.45) is 5.14 Å². The number of halogens is 1. The van der Waals surface area contributed by atoms with Crippen LogP contribution < -0.4 is 10.9 Å². The molecule has 0 saturated carbocycles. The highest BCUT2D eigenvalue weighted by Crippen LogP contribution is 2.26. The van der Waals surface area contributed by atoms with Gasteiger partial charge in [-0.05, 0) is 42.8 Å². The van der Waals surface area contributed by atoms with Gasteiger partial charge < -0.3 is 4.42 Å². The summed E-state index contributed by atoms with van der Waals surface area (Å²) < 4.78 is 42.9. The lowest BCUT2D eigenvalue weighted by atomic mass is 10.1. The second kappa shape index (κ2) is 6.25. The van der Waals surface area contributed by atoms with Crippen molar-refractivity contribution in [1.29, 1.82) is 5.26 Å². The van der Waals surface area contributed by atoms with Crippen LogP contribution in [0.15, 0.2) is 56.8 Å². The molecule has 0 fully saturated rings. The molecule has 0 atom stereocenters. The van der Waals surface area contributed by atoms with Gasteiger partial charge in [-0.3, -0.25) is 0 Å². The lowest BCUT2D eigenvalue weighted by Gasteiger charge is -2.09. The van der Waals surface area contributed by atoms with Gasteiger partial charge in [-0.2, -0.15) is 5.26 Å². The smallest absolute Gasteiger partial charge is 0.415 e. The molecule has 0 saturated heterocycles. The number of rotatable bonds is 3. The van der Waals surface area contributed by atoms with Crippen LogP contribution in [0, 0.1) is 24.1 Å². The van der Waals surface area contributed by atoms with Crippen molar-refractivity contribution in [3.63, 3.8) is 0 Å². The maximum absolute atomic E-state index is 14.1. The maximum atomic E-state index is 14.1. The number of nitrogens with zero attached hydrogens (tertiary/aromatic N) is 2. The van der Waals surface area contributed by atoms with E-state index in [0.29, 0.717) is 16.8 Å². The van der Waals surface area contributed by atoms with Crippen LogP contribution in [0.3, 0.4) is 0 Å². The highest BCUT2D eigenvalue weighted by molar-refractivity contribution is 7.89. The molecule has 0 aliphatic heterocycles. The van der Waals surface area contributed by atoms with Crippen LogP contribution in [0.1, 0.15) is 11.1 Å². The van der Waals surface area contributed by atoms with E-state index in [9.17, 15) is 17.6 Å². The van der Waals surface area contributed by atoms with E-state index in [-0.39, 0.29) is 11.3 Å². The Morgan fingerprint density at radius 2 is 1.96 bits per heavy atom. The third-order valence-electron chi connectivity index (χ3n) is 3.82. The van der Waals surface area contributed by atoms with Crippen molar-refractivity contribution in [3.8, 4) is 23.0 Å². The monoisotopic (exact) mass is 373 g/mol.